The summed E-state index contributed by atoms with van der Waals surface area (Å²) < 4.78 is 13.8. The van der Waals surface area contributed by atoms with Crippen LogP contribution in [0.4, 0.5) is 4.39 Å². The van der Waals surface area contributed by atoms with Gasteiger partial charge in [0.05, 0.1) is 16.8 Å². The molecule has 2 N–H and O–H groups in total. The lowest BCUT2D eigenvalue weighted by molar-refractivity contribution is 0.0916. The fraction of sp³-hybridized carbons (Fsp3) is 0.273. The zero-order chi connectivity index (χ0) is 18.8. The molecule has 3 aromatic rings. The first-order valence-corrected chi connectivity index (χ1v) is 9.29. The van der Waals surface area contributed by atoms with Crippen LogP contribution in [0.5, 0.6) is 0 Å². The number of piperidine rings is 1. The molecule has 1 saturated heterocycles. The summed E-state index contributed by atoms with van der Waals surface area (Å²) in [6, 6.07) is 15.9. The molecule has 138 valence electrons. The first kappa shape index (κ1) is 17.6. The van der Waals surface area contributed by atoms with E-state index in [1.54, 1.807) is 12.1 Å². The predicted molar refractivity (Wildman–Crippen MR) is 105 cm³/mol. The van der Waals surface area contributed by atoms with Crippen LogP contribution >= 0.6 is 0 Å². The molecule has 0 saturated carbocycles. The molecule has 27 heavy (non-hydrogen) atoms. The van der Waals surface area contributed by atoms with Crippen molar-refractivity contribution in [2.24, 2.45) is 5.92 Å². The van der Waals surface area contributed by atoms with Crippen LogP contribution in [0.15, 0.2) is 54.6 Å². The van der Waals surface area contributed by atoms with E-state index in [1.165, 1.54) is 12.1 Å². The maximum Gasteiger partial charge on any atom is 0.252 e. The first-order valence-electron chi connectivity index (χ1n) is 9.29. The number of halogens is 1. The van der Waals surface area contributed by atoms with E-state index in [-0.39, 0.29) is 17.8 Å². The Morgan fingerprint density at radius 3 is 2.78 bits per heavy atom. The number of amides is 1. The Labute approximate surface area is 157 Å². The van der Waals surface area contributed by atoms with Gasteiger partial charge in [0.2, 0.25) is 0 Å². The Morgan fingerprint density at radius 2 is 2.00 bits per heavy atom. The van der Waals surface area contributed by atoms with E-state index in [0.29, 0.717) is 28.1 Å². The van der Waals surface area contributed by atoms with Crippen molar-refractivity contribution >= 4 is 16.8 Å². The Balaban J connectivity index is 1.77. The van der Waals surface area contributed by atoms with E-state index in [9.17, 15) is 9.18 Å². The third kappa shape index (κ3) is 3.69. The van der Waals surface area contributed by atoms with Crippen LogP contribution in [0.25, 0.3) is 22.2 Å². The Kier molecular flexibility index (Phi) is 4.86. The molecule has 2 atom stereocenters. The van der Waals surface area contributed by atoms with Crippen LogP contribution < -0.4 is 10.6 Å². The highest BCUT2D eigenvalue weighted by molar-refractivity contribution is 6.07. The average Bonchev–Trinajstić information content (AvgIpc) is 2.69. The molecule has 0 aliphatic carbocycles. The summed E-state index contributed by atoms with van der Waals surface area (Å²) in [5.41, 5.74) is 2.58. The summed E-state index contributed by atoms with van der Waals surface area (Å²) >= 11 is 0. The zero-order valence-electron chi connectivity index (χ0n) is 15.2. The quantitative estimate of drug-likeness (QED) is 0.745. The van der Waals surface area contributed by atoms with E-state index in [4.69, 9.17) is 0 Å². The normalized spacial score (nSPS) is 19.8. The maximum atomic E-state index is 13.8. The van der Waals surface area contributed by atoms with Crippen LogP contribution in [0.1, 0.15) is 23.7 Å². The molecule has 0 radical (unpaired) electrons. The maximum absolute atomic E-state index is 13.8. The average molecular weight is 363 g/mol. The number of carbonyl (C=O) groups excluding carboxylic acids is 1. The topological polar surface area (TPSA) is 54.0 Å². The lowest BCUT2D eigenvalue weighted by Gasteiger charge is -2.30. The minimum atomic E-state index is -0.362. The molecule has 2 unspecified atom stereocenters. The van der Waals surface area contributed by atoms with E-state index in [0.717, 1.165) is 25.1 Å². The predicted octanol–water partition coefficient (Wildman–Crippen LogP) is 3.77. The summed E-state index contributed by atoms with van der Waals surface area (Å²) in [6.45, 7) is 3.92. The van der Waals surface area contributed by atoms with Gasteiger partial charge in [0, 0.05) is 23.1 Å². The molecule has 2 aromatic carbocycles. The van der Waals surface area contributed by atoms with Gasteiger partial charge in [-0.2, -0.15) is 0 Å². The summed E-state index contributed by atoms with van der Waals surface area (Å²) in [4.78, 5) is 17.7. The van der Waals surface area contributed by atoms with Gasteiger partial charge in [-0.3, -0.25) is 4.79 Å². The summed E-state index contributed by atoms with van der Waals surface area (Å²) in [5.74, 6) is -0.134. The number of rotatable bonds is 3. The van der Waals surface area contributed by atoms with Crippen molar-refractivity contribution in [3.05, 3.63) is 66.0 Å². The largest absolute Gasteiger partial charge is 0.349 e. The molecular formula is C22H22FN3O. The van der Waals surface area contributed by atoms with Crippen molar-refractivity contribution < 1.29 is 9.18 Å². The molecule has 1 amide bonds. The number of hydrogen-bond donors (Lipinski definition) is 2. The van der Waals surface area contributed by atoms with Gasteiger partial charge in [0.25, 0.3) is 5.91 Å². The molecule has 1 aliphatic heterocycles. The standard InChI is InChI=1S/C22H22FN3O/c1-14-13-24-10-9-19(14)26-22(27)18-12-20(15-5-3-2-4-6-15)25-21-11-16(23)7-8-17(18)21/h2-8,11-12,14,19,24H,9-10,13H2,1H3,(H,26,27). The molecule has 1 aliphatic rings. The highest BCUT2D eigenvalue weighted by Gasteiger charge is 2.24. The Hall–Kier alpha value is -2.79. The number of pyridine rings is 1. The number of carbonyl (C=O) groups is 1. The summed E-state index contributed by atoms with van der Waals surface area (Å²) in [6.07, 6.45) is 0.899. The minimum absolute atomic E-state index is 0.127. The van der Waals surface area contributed by atoms with Gasteiger partial charge in [-0.1, -0.05) is 37.3 Å². The highest BCUT2D eigenvalue weighted by atomic mass is 19.1. The van der Waals surface area contributed by atoms with E-state index < -0.39 is 0 Å². The van der Waals surface area contributed by atoms with Crippen LogP contribution in [0.3, 0.4) is 0 Å². The fourth-order valence-corrected chi connectivity index (χ4v) is 3.62. The summed E-state index contributed by atoms with van der Waals surface area (Å²) in [7, 11) is 0. The second kappa shape index (κ2) is 7.45. The molecule has 5 heteroatoms. The Morgan fingerprint density at radius 1 is 1.19 bits per heavy atom. The van der Waals surface area contributed by atoms with Gasteiger partial charge in [0.1, 0.15) is 5.82 Å². The van der Waals surface area contributed by atoms with Crippen LogP contribution in [0, 0.1) is 11.7 Å². The van der Waals surface area contributed by atoms with Gasteiger partial charge in [0.15, 0.2) is 0 Å². The number of nitrogens with one attached hydrogen (secondary N) is 2. The van der Waals surface area contributed by atoms with Crippen molar-refractivity contribution in [1.82, 2.24) is 15.6 Å². The lowest BCUT2D eigenvalue weighted by Crippen LogP contribution is -2.48. The molecule has 4 rings (SSSR count). The van der Waals surface area contributed by atoms with Crippen molar-refractivity contribution in [3.63, 3.8) is 0 Å². The molecule has 4 nitrogen and oxygen atoms in total. The smallest absolute Gasteiger partial charge is 0.252 e. The SMILES string of the molecule is CC1CNCCC1NC(=O)c1cc(-c2ccccc2)nc2cc(F)ccc12. The molecule has 1 fully saturated rings. The number of hydrogen-bond acceptors (Lipinski definition) is 3. The zero-order valence-corrected chi connectivity index (χ0v) is 15.2. The second-order valence-electron chi connectivity index (χ2n) is 7.13. The van der Waals surface area contributed by atoms with Gasteiger partial charge in [-0.15, -0.1) is 0 Å². The van der Waals surface area contributed by atoms with E-state index in [1.807, 2.05) is 30.3 Å². The monoisotopic (exact) mass is 363 g/mol. The van der Waals surface area contributed by atoms with Crippen molar-refractivity contribution in [2.75, 3.05) is 13.1 Å². The Bertz CT molecular complexity index is 974. The van der Waals surface area contributed by atoms with E-state index in [2.05, 4.69) is 22.5 Å². The lowest BCUT2D eigenvalue weighted by atomic mass is 9.94. The molecule has 0 bridgehead atoms. The van der Waals surface area contributed by atoms with Crippen LogP contribution in [-0.4, -0.2) is 30.0 Å². The van der Waals surface area contributed by atoms with Crippen molar-refractivity contribution in [2.45, 2.75) is 19.4 Å². The number of nitrogens with zero attached hydrogens (tertiary/aromatic N) is 1. The third-order valence-electron chi connectivity index (χ3n) is 5.19. The highest BCUT2D eigenvalue weighted by Crippen LogP contribution is 2.26. The number of aromatic nitrogens is 1. The van der Waals surface area contributed by atoms with Gasteiger partial charge in [-0.25, -0.2) is 9.37 Å². The summed E-state index contributed by atoms with van der Waals surface area (Å²) in [5, 5.41) is 7.17. The van der Waals surface area contributed by atoms with Gasteiger partial charge >= 0.3 is 0 Å². The van der Waals surface area contributed by atoms with Crippen molar-refractivity contribution in [1.29, 1.82) is 0 Å². The first-order chi connectivity index (χ1) is 13.1. The van der Waals surface area contributed by atoms with Gasteiger partial charge < -0.3 is 10.6 Å². The number of fused-ring (bicyclic) bond motifs is 1. The van der Waals surface area contributed by atoms with Crippen molar-refractivity contribution in [3.8, 4) is 11.3 Å². The van der Waals surface area contributed by atoms with Gasteiger partial charge in [-0.05, 0) is 43.6 Å². The molecular weight excluding hydrogens is 341 g/mol. The van der Waals surface area contributed by atoms with Crippen LogP contribution in [-0.2, 0) is 0 Å². The van der Waals surface area contributed by atoms with Crippen LogP contribution in [0.2, 0.25) is 0 Å². The fourth-order valence-electron chi connectivity index (χ4n) is 3.62. The molecule has 1 aromatic heterocycles. The number of benzene rings is 2. The molecule has 0 spiro atoms. The second-order valence-corrected chi connectivity index (χ2v) is 7.13. The third-order valence-corrected chi connectivity index (χ3v) is 5.19. The van der Waals surface area contributed by atoms with E-state index >= 15 is 0 Å². The minimum Gasteiger partial charge on any atom is -0.349 e. The molecule has 2 heterocycles.